The van der Waals surface area contributed by atoms with E-state index in [1.807, 2.05) is 0 Å². The fourth-order valence-corrected chi connectivity index (χ4v) is 4.24. The molecule has 5 nitrogen and oxygen atoms in total. The standard InChI is InChI=1S/C26H19ClF3NO4/c1-14-5-3-6-15(11-14)22-21(23(32)16-9-10-19(27)20(12-16)35-2)24(33)25(34)31(22)18-8-4-7-17(13-18)26(28,29)30/h3-13,22,32H,1-2H3/b23-21+. The second-order valence-electron chi connectivity index (χ2n) is 7.98. The van der Waals surface area contributed by atoms with Gasteiger partial charge in [-0.2, -0.15) is 13.2 Å². The maximum atomic E-state index is 13.4. The topological polar surface area (TPSA) is 66.8 Å². The number of nitrogens with zero attached hydrogens (tertiary/aromatic N) is 1. The normalized spacial score (nSPS) is 17.7. The van der Waals surface area contributed by atoms with Gasteiger partial charge in [0.2, 0.25) is 0 Å². The minimum atomic E-state index is -4.65. The van der Waals surface area contributed by atoms with Crippen LogP contribution in [-0.4, -0.2) is 23.9 Å². The number of ether oxygens (including phenoxy) is 1. The first-order chi connectivity index (χ1) is 16.5. The lowest BCUT2D eigenvalue weighted by Gasteiger charge is -2.26. The smallest absolute Gasteiger partial charge is 0.416 e. The Kier molecular flexibility index (Phi) is 6.34. The molecule has 1 fully saturated rings. The molecular weight excluding hydrogens is 483 g/mol. The first-order valence-electron chi connectivity index (χ1n) is 10.4. The molecule has 0 aliphatic carbocycles. The number of aryl methyl sites for hydroxylation is 1. The van der Waals surface area contributed by atoms with Gasteiger partial charge in [0.05, 0.1) is 29.3 Å². The number of aliphatic hydroxyl groups is 1. The van der Waals surface area contributed by atoms with E-state index in [1.54, 1.807) is 31.2 Å². The SMILES string of the molecule is COc1cc(/C(O)=C2\C(=O)C(=O)N(c3cccc(C(F)(F)F)c3)C2c2cccc(C)c2)ccc1Cl. The molecule has 4 rings (SSSR count). The molecular formula is C26H19ClF3NO4. The molecule has 1 N–H and O–H groups in total. The van der Waals surface area contributed by atoms with Gasteiger partial charge in [-0.3, -0.25) is 14.5 Å². The van der Waals surface area contributed by atoms with Crippen LogP contribution < -0.4 is 9.64 Å². The number of carbonyl (C=O) groups is 2. The number of carbonyl (C=O) groups excluding carboxylic acids is 2. The van der Waals surface area contributed by atoms with Crippen LogP contribution in [0.5, 0.6) is 5.75 Å². The Bertz CT molecular complexity index is 1370. The van der Waals surface area contributed by atoms with Gasteiger partial charge in [0.1, 0.15) is 11.5 Å². The van der Waals surface area contributed by atoms with Crippen molar-refractivity contribution in [1.82, 2.24) is 0 Å². The number of aliphatic hydroxyl groups excluding tert-OH is 1. The summed E-state index contributed by atoms with van der Waals surface area (Å²) in [5.74, 6) is -2.35. The van der Waals surface area contributed by atoms with Gasteiger partial charge in [-0.05, 0) is 48.9 Å². The molecule has 1 heterocycles. The lowest BCUT2D eigenvalue weighted by atomic mass is 9.94. The zero-order valence-corrected chi connectivity index (χ0v) is 19.3. The van der Waals surface area contributed by atoms with Gasteiger partial charge in [-0.15, -0.1) is 0 Å². The Morgan fingerprint density at radius 3 is 2.40 bits per heavy atom. The fraction of sp³-hybridized carbons (Fsp3) is 0.154. The Morgan fingerprint density at radius 1 is 1.03 bits per heavy atom. The van der Waals surface area contributed by atoms with E-state index in [0.717, 1.165) is 28.7 Å². The summed E-state index contributed by atoms with van der Waals surface area (Å²) in [6.07, 6.45) is -4.65. The van der Waals surface area contributed by atoms with Crippen LogP contribution in [-0.2, 0) is 15.8 Å². The number of anilines is 1. The van der Waals surface area contributed by atoms with Crippen molar-refractivity contribution >= 4 is 34.7 Å². The highest BCUT2D eigenvalue weighted by Gasteiger charge is 2.47. The molecule has 1 atom stereocenters. The van der Waals surface area contributed by atoms with E-state index in [1.165, 1.54) is 31.4 Å². The number of benzene rings is 3. The summed E-state index contributed by atoms with van der Waals surface area (Å²) in [7, 11) is 1.38. The van der Waals surface area contributed by atoms with Gasteiger partial charge in [0.15, 0.2) is 0 Å². The molecule has 9 heteroatoms. The van der Waals surface area contributed by atoms with Crippen LogP contribution in [0.4, 0.5) is 18.9 Å². The van der Waals surface area contributed by atoms with E-state index in [4.69, 9.17) is 16.3 Å². The average molecular weight is 502 g/mol. The van der Waals surface area contributed by atoms with Crippen molar-refractivity contribution in [3.8, 4) is 5.75 Å². The highest BCUT2D eigenvalue weighted by atomic mass is 35.5. The Balaban J connectivity index is 1.96. The van der Waals surface area contributed by atoms with Crippen molar-refractivity contribution in [3.05, 3.63) is 99.6 Å². The zero-order chi connectivity index (χ0) is 25.5. The van der Waals surface area contributed by atoms with Gasteiger partial charge in [-0.25, -0.2) is 0 Å². The van der Waals surface area contributed by atoms with Crippen molar-refractivity contribution in [2.45, 2.75) is 19.1 Å². The number of amides is 1. The summed E-state index contributed by atoms with van der Waals surface area (Å²) in [5.41, 5.74) is 0.0474. The van der Waals surface area contributed by atoms with Gasteiger partial charge in [-0.1, -0.05) is 47.5 Å². The van der Waals surface area contributed by atoms with E-state index < -0.39 is 35.2 Å². The lowest BCUT2D eigenvalue weighted by Crippen LogP contribution is -2.29. The largest absolute Gasteiger partial charge is 0.507 e. The third-order valence-electron chi connectivity index (χ3n) is 5.68. The van der Waals surface area contributed by atoms with E-state index in [-0.39, 0.29) is 27.6 Å². The summed E-state index contributed by atoms with van der Waals surface area (Å²) in [5, 5.41) is 11.4. The van der Waals surface area contributed by atoms with Gasteiger partial charge in [0.25, 0.3) is 11.7 Å². The summed E-state index contributed by atoms with van der Waals surface area (Å²) in [4.78, 5) is 27.3. The monoisotopic (exact) mass is 501 g/mol. The zero-order valence-electron chi connectivity index (χ0n) is 18.6. The van der Waals surface area contributed by atoms with Crippen LogP contribution in [0.25, 0.3) is 5.76 Å². The number of hydrogen-bond donors (Lipinski definition) is 1. The second kappa shape index (κ2) is 9.11. The van der Waals surface area contributed by atoms with Crippen molar-refractivity contribution in [1.29, 1.82) is 0 Å². The first kappa shape index (κ1) is 24.3. The molecule has 0 radical (unpaired) electrons. The van der Waals surface area contributed by atoms with Crippen LogP contribution in [0.1, 0.15) is 28.3 Å². The molecule has 0 spiro atoms. The number of rotatable bonds is 4. The third kappa shape index (κ3) is 4.49. The molecule has 180 valence electrons. The Labute approximate surface area is 204 Å². The van der Waals surface area contributed by atoms with Gasteiger partial charge < -0.3 is 9.84 Å². The van der Waals surface area contributed by atoms with Crippen molar-refractivity contribution in [2.75, 3.05) is 12.0 Å². The molecule has 1 unspecified atom stereocenters. The van der Waals surface area contributed by atoms with E-state index in [0.29, 0.717) is 5.56 Å². The third-order valence-corrected chi connectivity index (χ3v) is 5.99. The molecule has 0 saturated carbocycles. The van der Waals surface area contributed by atoms with Crippen molar-refractivity contribution in [3.63, 3.8) is 0 Å². The lowest BCUT2D eigenvalue weighted by molar-refractivity contribution is -0.137. The van der Waals surface area contributed by atoms with Crippen LogP contribution >= 0.6 is 11.6 Å². The van der Waals surface area contributed by atoms with Crippen LogP contribution in [0.3, 0.4) is 0 Å². The maximum Gasteiger partial charge on any atom is 0.416 e. The van der Waals surface area contributed by atoms with Gasteiger partial charge >= 0.3 is 6.18 Å². The van der Waals surface area contributed by atoms with Crippen LogP contribution in [0.15, 0.2) is 72.3 Å². The number of alkyl halides is 3. The molecule has 1 amide bonds. The van der Waals surface area contributed by atoms with Crippen molar-refractivity contribution < 1.29 is 32.6 Å². The number of halogens is 4. The van der Waals surface area contributed by atoms with E-state index in [2.05, 4.69) is 0 Å². The van der Waals surface area contributed by atoms with Crippen LogP contribution in [0, 0.1) is 6.92 Å². The molecule has 3 aromatic rings. The Morgan fingerprint density at radius 2 is 1.74 bits per heavy atom. The number of Topliss-reactive ketones (excluding diaryl/α,β-unsaturated/α-hetero) is 1. The number of ketones is 1. The molecule has 0 bridgehead atoms. The number of methoxy groups -OCH3 is 1. The average Bonchev–Trinajstić information content (AvgIpc) is 3.09. The second-order valence-corrected chi connectivity index (χ2v) is 8.39. The molecule has 1 aliphatic rings. The highest BCUT2D eigenvalue weighted by Crippen LogP contribution is 2.44. The van der Waals surface area contributed by atoms with Gasteiger partial charge in [0, 0.05) is 11.3 Å². The molecule has 1 aliphatic heterocycles. The van der Waals surface area contributed by atoms with Crippen LogP contribution in [0.2, 0.25) is 5.02 Å². The highest BCUT2D eigenvalue weighted by molar-refractivity contribution is 6.51. The predicted molar refractivity (Wildman–Crippen MR) is 125 cm³/mol. The minimum Gasteiger partial charge on any atom is -0.507 e. The molecule has 1 saturated heterocycles. The Hall–Kier alpha value is -3.78. The minimum absolute atomic E-state index is 0.124. The number of hydrogen-bond acceptors (Lipinski definition) is 4. The van der Waals surface area contributed by atoms with E-state index in [9.17, 15) is 27.9 Å². The van der Waals surface area contributed by atoms with Crippen molar-refractivity contribution in [2.24, 2.45) is 0 Å². The summed E-state index contributed by atoms with van der Waals surface area (Å²) < 4.78 is 45.3. The van der Waals surface area contributed by atoms with E-state index >= 15 is 0 Å². The molecule has 35 heavy (non-hydrogen) atoms. The summed E-state index contributed by atoms with van der Waals surface area (Å²) in [6, 6.07) is 14.1. The summed E-state index contributed by atoms with van der Waals surface area (Å²) >= 11 is 6.07. The summed E-state index contributed by atoms with van der Waals surface area (Å²) in [6.45, 7) is 1.80. The maximum absolute atomic E-state index is 13.4. The first-order valence-corrected chi connectivity index (χ1v) is 10.8. The molecule has 0 aromatic heterocycles. The molecule has 3 aromatic carbocycles. The fourth-order valence-electron chi connectivity index (χ4n) is 4.05. The predicted octanol–water partition coefficient (Wildman–Crippen LogP) is 6.30. The quantitative estimate of drug-likeness (QED) is 0.259.